The summed E-state index contributed by atoms with van der Waals surface area (Å²) in [5, 5.41) is 11.0. The van der Waals surface area contributed by atoms with Gasteiger partial charge in [0.05, 0.1) is 18.8 Å². The van der Waals surface area contributed by atoms with Gasteiger partial charge in [-0.2, -0.15) is 0 Å². The second-order valence-corrected chi connectivity index (χ2v) is 7.20. The number of furan rings is 1. The van der Waals surface area contributed by atoms with Crippen molar-refractivity contribution in [1.29, 1.82) is 0 Å². The van der Waals surface area contributed by atoms with Crippen molar-refractivity contribution in [2.24, 2.45) is 0 Å². The Morgan fingerprint density at radius 3 is 2.88 bits per heavy atom. The molecule has 2 heterocycles. The van der Waals surface area contributed by atoms with Gasteiger partial charge in [-0.05, 0) is 31.4 Å². The zero-order valence-electron chi connectivity index (χ0n) is 14.2. The molecule has 1 aromatic carbocycles. The molecule has 0 spiro atoms. The van der Waals surface area contributed by atoms with Crippen molar-refractivity contribution in [2.75, 3.05) is 19.7 Å². The number of β-amino-alcohol motifs (C(OH)–C–C–N with tert-alkyl or cyclic N) is 1. The van der Waals surface area contributed by atoms with Gasteiger partial charge < -0.3 is 14.3 Å². The lowest BCUT2D eigenvalue weighted by Gasteiger charge is -2.37. The summed E-state index contributed by atoms with van der Waals surface area (Å²) in [5.41, 5.74) is 0.953. The second-order valence-electron chi connectivity index (χ2n) is 7.20. The maximum absolute atomic E-state index is 9.82. The SMILES string of the molecule is O[C@@H]1CCN(C2CCCCC2OCCc2cc3ccccc3o2)C1. The van der Waals surface area contributed by atoms with Crippen LogP contribution in [-0.4, -0.2) is 48.0 Å². The lowest BCUT2D eigenvalue weighted by Crippen LogP contribution is -2.46. The summed E-state index contributed by atoms with van der Waals surface area (Å²) in [6.07, 6.45) is 6.74. The standard InChI is InChI=1S/C20H27NO3/c22-16-9-11-21(14-16)18-6-2-4-8-20(18)23-12-10-17-13-15-5-1-3-7-19(15)24-17/h1,3,5,7,13,16,18,20,22H,2,4,6,8-12,14H2/t16-,18?,20?/m1/s1. The van der Waals surface area contributed by atoms with Crippen LogP contribution in [-0.2, 0) is 11.2 Å². The fourth-order valence-electron chi connectivity index (χ4n) is 4.23. The number of fused-ring (bicyclic) bond motifs is 1. The molecule has 2 aliphatic rings. The third-order valence-corrected chi connectivity index (χ3v) is 5.49. The largest absolute Gasteiger partial charge is 0.461 e. The van der Waals surface area contributed by atoms with E-state index in [1.54, 1.807) is 0 Å². The van der Waals surface area contributed by atoms with Crippen molar-refractivity contribution < 1.29 is 14.3 Å². The van der Waals surface area contributed by atoms with Crippen molar-refractivity contribution in [1.82, 2.24) is 4.90 Å². The monoisotopic (exact) mass is 329 g/mol. The van der Waals surface area contributed by atoms with Gasteiger partial charge in [-0.3, -0.25) is 4.90 Å². The molecule has 130 valence electrons. The summed E-state index contributed by atoms with van der Waals surface area (Å²) in [4.78, 5) is 2.44. The zero-order valence-corrected chi connectivity index (χ0v) is 14.2. The Labute approximate surface area is 143 Å². The molecule has 1 N–H and O–H groups in total. The Morgan fingerprint density at radius 2 is 2.04 bits per heavy atom. The van der Waals surface area contributed by atoms with Gasteiger partial charge in [-0.25, -0.2) is 0 Å². The lowest BCUT2D eigenvalue weighted by atomic mass is 9.91. The van der Waals surface area contributed by atoms with Crippen LogP contribution in [0.15, 0.2) is 34.7 Å². The first-order valence-electron chi connectivity index (χ1n) is 9.31. The molecule has 2 fully saturated rings. The number of ether oxygens (including phenoxy) is 1. The number of nitrogens with zero attached hydrogens (tertiary/aromatic N) is 1. The minimum atomic E-state index is -0.150. The van der Waals surface area contributed by atoms with Crippen molar-refractivity contribution in [2.45, 2.75) is 56.8 Å². The maximum atomic E-state index is 9.82. The Balaban J connectivity index is 1.33. The molecule has 1 aliphatic heterocycles. The fraction of sp³-hybridized carbons (Fsp3) is 0.600. The molecule has 1 saturated heterocycles. The topological polar surface area (TPSA) is 45.8 Å². The van der Waals surface area contributed by atoms with E-state index in [0.29, 0.717) is 18.8 Å². The van der Waals surface area contributed by atoms with E-state index in [9.17, 15) is 5.11 Å². The Kier molecular flexibility index (Phi) is 4.88. The fourth-order valence-corrected chi connectivity index (χ4v) is 4.23. The average Bonchev–Trinajstić information content (AvgIpc) is 3.21. The third-order valence-electron chi connectivity index (χ3n) is 5.49. The van der Waals surface area contributed by atoms with E-state index in [2.05, 4.69) is 17.0 Å². The molecular weight excluding hydrogens is 302 g/mol. The van der Waals surface area contributed by atoms with Gasteiger partial charge in [0.25, 0.3) is 0 Å². The van der Waals surface area contributed by atoms with E-state index >= 15 is 0 Å². The molecule has 4 nitrogen and oxygen atoms in total. The number of likely N-dealkylation sites (tertiary alicyclic amines) is 1. The average molecular weight is 329 g/mol. The van der Waals surface area contributed by atoms with Gasteiger partial charge in [-0.15, -0.1) is 0 Å². The molecule has 24 heavy (non-hydrogen) atoms. The van der Waals surface area contributed by atoms with Crippen LogP contribution in [0, 0.1) is 0 Å². The van der Waals surface area contributed by atoms with Gasteiger partial charge >= 0.3 is 0 Å². The molecule has 2 aromatic rings. The number of benzene rings is 1. The van der Waals surface area contributed by atoms with Crippen LogP contribution < -0.4 is 0 Å². The highest BCUT2D eigenvalue weighted by atomic mass is 16.5. The van der Waals surface area contributed by atoms with E-state index in [4.69, 9.17) is 9.15 Å². The second kappa shape index (κ2) is 7.26. The van der Waals surface area contributed by atoms with Crippen molar-refractivity contribution >= 4 is 11.0 Å². The number of para-hydroxylation sites is 1. The highest BCUT2D eigenvalue weighted by molar-refractivity contribution is 5.77. The van der Waals surface area contributed by atoms with E-state index in [1.165, 1.54) is 19.3 Å². The summed E-state index contributed by atoms with van der Waals surface area (Å²) in [6, 6.07) is 10.7. The number of aliphatic hydroxyl groups excluding tert-OH is 1. The molecule has 2 unspecified atom stereocenters. The first-order valence-corrected chi connectivity index (χ1v) is 9.31. The summed E-state index contributed by atoms with van der Waals surface area (Å²) < 4.78 is 12.1. The van der Waals surface area contributed by atoms with Crippen LogP contribution >= 0.6 is 0 Å². The Morgan fingerprint density at radius 1 is 1.17 bits per heavy atom. The van der Waals surface area contributed by atoms with Crippen LogP contribution in [0.5, 0.6) is 0 Å². The summed E-state index contributed by atoms with van der Waals surface area (Å²) in [5.74, 6) is 1.00. The predicted molar refractivity (Wildman–Crippen MR) is 94.1 cm³/mol. The molecule has 0 amide bonds. The molecule has 1 saturated carbocycles. The number of hydrogen-bond donors (Lipinski definition) is 1. The smallest absolute Gasteiger partial charge is 0.134 e. The third kappa shape index (κ3) is 3.51. The minimum Gasteiger partial charge on any atom is -0.461 e. The van der Waals surface area contributed by atoms with Crippen molar-refractivity contribution in [3.05, 3.63) is 36.1 Å². The number of hydrogen-bond acceptors (Lipinski definition) is 4. The normalized spacial score (nSPS) is 28.6. The van der Waals surface area contributed by atoms with Crippen LogP contribution in [0.2, 0.25) is 0 Å². The Hall–Kier alpha value is -1.36. The zero-order chi connectivity index (χ0) is 16.4. The van der Waals surface area contributed by atoms with Crippen LogP contribution in [0.25, 0.3) is 11.0 Å². The molecule has 4 rings (SSSR count). The van der Waals surface area contributed by atoms with Crippen molar-refractivity contribution in [3.63, 3.8) is 0 Å². The lowest BCUT2D eigenvalue weighted by molar-refractivity contribution is -0.0324. The van der Waals surface area contributed by atoms with Crippen LogP contribution in [0.1, 0.15) is 37.9 Å². The molecule has 1 aliphatic carbocycles. The number of rotatable bonds is 5. The van der Waals surface area contributed by atoms with Gasteiger partial charge in [0.1, 0.15) is 11.3 Å². The van der Waals surface area contributed by atoms with Gasteiger partial charge in [0.2, 0.25) is 0 Å². The van der Waals surface area contributed by atoms with E-state index < -0.39 is 0 Å². The first kappa shape index (κ1) is 16.1. The maximum Gasteiger partial charge on any atom is 0.134 e. The summed E-state index contributed by atoms with van der Waals surface area (Å²) >= 11 is 0. The van der Waals surface area contributed by atoms with Crippen molar-refractivity contribution in [3.8, 4) is 0 Å². The minimum absolute atomic E-state index is 0.150. The first-order chi connectivity index (χ1) is 11.8. The van der Waals surface area contributed by atoms with Crippen LogP contribution in [0.3, 0.4) is 0 Å². The van der Waals surface area contributed by atoms with Gasteiger partial charge in [0, 0.05) is 30.9 Å². The molecular formula is C20H27NO3. The van der Waals surface area contributed by atoms with Crippen LogP contribution in [0.4, 0.5) is 0 Å². The summed E-state index contributed by atoms with van der Waals surface area (Å²) in [7, 11) is 0. The van der Waals surface area contributed by atoms with E-state index in [1.807, 2.05) is 18.2 Å². The van der Waals surface area contributed by atoms with Gasteiger partial charge in [-0.1, -0.05) is 31.0 Å². The van der Waals surface area contributed by atoms with Gasteiger partial charge in [0.15, 0.2) is 0 Å². The molecule has 0 radical (unpaired) electrons. The number of aliphatic hydroxyl groups is 1. The van der Waals surface area contributed by atoms with E-state index in [-0.39, 0.29) is 6.10 Å². The molecule has 3 atom stereocenters. The highest BCUT2D eigenvalue weighted by Crippen LogP contribution is 2.28. The predicted octanol–water partition coefficient (Wildman–Crippen LogP) is 3.37. The molecule has 4 heteroatoms. The quantitative estimate of drug-likeness (QED) is 0.913. The highest BCUT2D eigenvalue weighted by Gasteiger charge is 2.34. The Bertz CT molecular complexity index is 635. The molecule has 1 aromatic heterocycles. The van der Waals surface area contributed by atoms with E-state index in [0.717, 1.165) is 49.1 Å². The molecule has 0 bridgehead atoms. The summed E-state index contributed by atoms with van der Waals surface area (Å²) in [6.45, 7) is 2.53.